The van der Waals surface area contributed by atoms with Crippen LogP contribution in [0, 0.1) is 0 Å². The number of imidazole rings is 1. The fourth-order valence-electron chi connectivity index (χ4n) is 6.19. The monoisotopic (exact) mass is 616 g/mol. The molecule has 1 saturated carbocycles. The second-order valence-corrected chi connectivity index (χ2v) is 12.1. The lowest BCUT2D eigenvalue weighted by Gasteiger charge is -2.25. The first-order valence-electron chi connectivity index (χ1n) is 15.1. The second-order valence-electron chi connectivity index (χ2n) is 11.3. The van der Waals surface area contributed by atoms with Crippen molar-refractivity contribution in [1.82, 2.24) is 30.2 Å². The molecule has 0 atom stereocenters. The molecule has 0 unspecified atom stereocenters. The number of hydrogen-bond donors (Lipinski definition) is 2. The number of carboxylic acid groups (broad SMARTS) is 1. The number of rotatable bonds is 9. The SMILES string of the molecule is CSc1ccc(-c2ccc(C(=O)O)cc2COc2ccc(-c3nc4cc(-c5nn[nH]n5)ccc4n3C3CCCCC3)cc2)cc1. The van der Waals surface area contributed by atoms with E-state index in [-0.39, 0.29) is 12.2 Å². The molecule has 0 amide bonds. The van der Waals surface area contributed by atoms with Crippen LogP contribution in [0.5, 0.6) is 5.75 Å². The molecule has 9 nitrogen and oxygen atoms in total. The van der Waals surface area contributed by atoms with E-state index >= 15 is 0 Å². The van der Waals surface area contributed by atoms with Crippen molar-refractivity contribution in [3.8, 4) is 39.7 Å². The number of aromatic nitrogens is 6. The minimum Gasteiger partial charge on any atom is -0.489 e. The molecule has 6 aromatic rings. The standard InChI is InChI=1S/C35H32N6O3S/c1-45-29-15-9-22(10-16-29)30-17-11-25(35(42)43)19-26(30)21-44-28-13-7-23(8-14-28)34-36-31-20-24(33-37-39-40-38-33)12-18-32(31)41(34)27-5-3-2-4-6-27/h7-20,27H,2-6,21H2,1H3,(H,42,43)(H,37,38,39,40). The van der Waals surface area contributed by atoms with Gasteiger partial charge in [-0.2, -0.15) is 5.21 Å². The summed E-state index contributed by atoms with van der Waals surface area (Å²) in [6.07, 6.45) is 8.00. The van der Waals surface area contributed by atoms with Gasteiger partial charge in [-0.15, -0.1) is 22.0 Å². The maximum Gasteiger partial charge on any atom is 0.335 e. The summed E-state index contributed by atoms with van der Waals surface area (Å²) in [7, 11) is 0. The van der Waals surface area contributed by atoms with Crippen molar-refractivity contribution < 1.29 is 14.6 Å². The van der Waals surface area contributed by atoms with Gasteiger partial charge in [0.2, 0.25) is 5.82 Å². The number of hydrogen-bond acceptors (Lipinski definition) is 7. The van der Waals surface area contributed by atoms with Crippen LogP contribution in [0.4, 0.5) is 0 Å². The first kappa shape index (κ1) is 28.8. The molecule has 10 heteroatoms. The number of H-pyrrole nitrogens is 1. The van der Waals surface area contributed by atoms with Crippen molar-refractivity contribution >= 4 is 28.8 Å². The number of ether oxygens (including phenoxy) is 1. The number of thioether (sulfide) groups is 1. The lowest BCUT2D eigenvalue weighted by molar-refractivity contribution is 0.0696. The van der Waals surface area contributed by atoms with Gasteiger partial charge >= 0.3 is 5.97 Å². The predicted octanol–water partition coefficient (Wildman–Crippen LogP) is 8.05. The van der Waals surface area contributed by atoms with Gasteiger partial charge in [0, 0.05) is 22.1 Å². The maximum atomic E-state index is 11.8. The molecule has 0 radical (unpaired) electrons. The van der Waals surface area contributed by atoms with Crippen molar-refractivity contribution in [3.05, 3.63) is 96.1 Å². The van der Waals surface area contributed by atoms with Crippen molar-refractivity contribution in [1.29, 1.82) is 0 Å². The molecule has 2 heterocycles. The summed E-state index contributed by atoms with van der Waals surface area (Å²) in [5, 5.41) is 24.1. The minimum atomic E-state index is -0.963. The van der Waals surface area contributed by atoms with Crippen LogP contribution in [0.1, 0.15) is 54.1 Å². The molecule has 2 aromatic heterocycles. The molecule has 0 bridgehead atoms. The van der Waals surface area contributed by atoms with E-state index in [0.29, 0.717) is 17.6 Å². The number of carbonyl (C=O) groups is 1. The summed E-state index contributed by atoms with van der Waals surface area (Å²) in [4.78, 5) is 18.0. The van der Waals surface area contributed by atoms with E-state index < -0.39 is 5.97 Å². The molecule has 7 rings (SSSR count). The molecule has 45 heavy (non-hydrogen) atoms. The third kappa shape index (κ3) is 5.93. The van der Waals surface area contributed by atoms with Crippen molar-refractivity contribution in [2.45, 2.75) is 49.6 Å². The zero-order valence-corrected chi connectivity index (χ0v) is 25.6. The Morgan fingerprint density at radius 1 is 0.933 bits per heavy atom. The summed E-state index contributed by atoms with van der Waals surface area (Å²) in [5.74, 6) is 1.21. The summed E-state index contributed by atoms with van der Waals surface area (Å²) >= 11 is 1.68. The quantitative estimate of drug-likeness (QED) is 0.157. The van der Waals surface area contributed by atoms with Crippen LogP contribution in [-0.4, -0.2) is 47.5 Å². The Labute approximate surface area is 264 Å². The van der Waals surface area contributed by atoms with E-state index in [4.69, 9.17) is 9.72 Å². The van der Waals surface area contributed by atoms with E-state index in [0.717, 1.165) is 57.5 Å². The number of nitrogens with zero attached hydrogens (tertiary/aromatic N) is 5. The summed E-state index contributed by atoms with van der Waals surface area (Å²) in [6, 6.07) is 28.0. The van der Waals surface area contributed by atoms with Crippen LogP contribution < -0.4 is 4.74 Å². The normalized spacial score (nSPS) is 13.7. The van der Waals surface area contributed by atoms with Gasteiger partial charge < -0.3 is 14.4 Å². The fraction of sp³-hybridized carbons (Fsp3) is 0.229. The van der Waals surface area contributed by atoms with Crippen molar-refractivity contribution in [2.24, 2.45) is 0 Å². The highest BCUT2D eigenvalue weighted by Gasteiger charge is 2.23. The highest BCUT2D eigenvalue weighted by molar-refractivity contribution is 7.98. The Kier molecular flexibility index (Phi) is 8.04. The van der Waals surface area contributed by atoms with Crippen molar-refractivity contribution in [3.63, 3.8) is 0 Å². The average Bonchev–Trinajstić information content (AvgIpc) is 3.76. The Hall–Kier alpha value is -4.96. The van der Waals surface area contributed by atoms with Gasteiger partial charge in [0.25, 0.3) is 0 Å². The van der Waals surface area contributed by atoms with Crippen LogP contribution in [0.15, 0.2) is 89.8 Å². The lowest BCUT2D eigenvalue weighted by Crippen LogP contribution is -2.14. The van der Waals surface area contributed by atoms with E-state index in [9.17, 15) is 9.90 Å². The third-order valence-electron chi connectivity index (χ3n) is 8.49. The van der Waals surface area contributed by atoms with Gasteiger partial charge in [0.05, 0.1) is 16.6 Å². The summed E-state index contributed by atoms with van der Waals surface area (Å²) in [5.41, 5.74) is 6.88. The van der Waals surface area contributed by atoms with Gasteiger partial charge in [-0.25, -0.2) is 9.78 Å². The van der Waals surface area contributed by atoms with E-state index in [1.54, 1.807) is 23.9 Å². The third-order valence-corrected chi connectivity index (χ3v) is 9.24. The zero-order valence-electron chi connectivity index (χ0n) is 24.8. The number of aromatic carboxylic acids is 1. The largest absolute Gasteiger partial charge is 0.489 e. The molecule has 1 aliphatic carbocycles. The molecule has 0 spiro atoms. The van der Waals surface area contributed by atoms with Gasteiger partial charge in [0.15, 0.2) is 0 Å². The number of aromatic amines is 1. The van der Waals surface area contributed by atoms with E-state index in [1.807, 2.05) is 48.7 Å². The highest BCUT2D eigenvalue weighted by Crippen LogP contribution is 2.37. The smallest absolute Gasteiger partial charge is 0.335 e. The molecule has 0 aliphatic heterocycles. The van der Waals surface area contributed by atoms with Gasteiger partial charge in [-0.3, -0.25) is 0 Å². The topological polar surface area (TPSA) is 119 Å². The van der Waals surface area contributed by atoms with Crippen molar-refractivity contribution in [2.75, 3.05) is 6.26 Å². The van der Waals surface area contributed by atoms with Crippen LogP contribution in [0.25, 0.3) is 44.9 Å². The number of nitrogens with one attached hydrogen (secondary N) is 1. The van der Waals surface area contributed by atoms with Crippen LogP contribution >= 0.6 is 11.8 Å². The molecular weight excluding hydrogens is 584 g/mol. The summed E-state index contributed by atoms with van der Waals surface area (Å²) in [6.45, 7) is 0.236. The number of tetrazole rings is 1. The predicted molar refractivity (Wildman–Crippen MR) is 175 cm³/mol. The number of benzene rings is 4. The molecule has 1 aliphatic rings. The lowest BCUT2D eigenvalue weighted by atomic mass is 9.95. The maximum absolute atomic E-state index is 11.8. The Bertz CT molecular complexity index is 1950. The molecular formula is C35H32N6O3S. The van der Waals surface area contributed by atoms with E-state index in [1.165, 1.54) is 24.2 Å². The second kappa shape index (κ2) is 12.6. The first-order chi connectivity index (χ1) is 22.1. The molecule has 0 saturated heterocycles. The molecule has 1 fully saturated rings. The number of fused-ring (bicyclic) bond motifs is 1. The number of carboxylic acids is 1. The van der Waals surface area contributed by atoms with Crippen LogP contribution in [0.3, 0.4) is 0 Å². The fourth-order valence-corrected chi connectivity index (χ4v) is 6.60. The van der Waals surface area contributed by atoms with Crippen LogP contribution in [0.2, 0.25) is 0 Å². The molecule has 4 aromatic carbocycles. The summed E-state index contributed by atoms with van der Waals surface area (Å²) < 4.78 is 8.64. The Balaban J connectivity index is 1.18. The van der Waals surface area contributed by atoms with Gasteiger partial charge in [0.1, 0.15) is 18.2 Å². The molecule has 2 N–H and O–H groups in total. The first-order valence-corrected chi connectivity index (χ1v) is 16.3. The van der Waals surface area contributed by atoms with Gasteiger partial charge in [-0.1, -0.05) is 37.5 Å². The van der Waals surface area contributed by atoms with E-state index in [2.05, 4.69) is 55.5 Å². The Morgan fingerprint density at radius 3 is 2.40 bits per heavy atom. The van der Waals surface area contributed by atoms with Gasteiger partial charge in [-0.05, 0) is 108 Å². The minimum absolute atomic E-state index is 0.234. The molecule has 226 valence electrons. The Morgan fingerprint density at radius 2 is 1.69 bits per heavy atom. The highest BCUT2D eigenvalue weighted by atomic mass is 32.2. The average molecular weight is 617 g/mol. The van der Waals surface area contributed by atoms with Crippen LogP contribution in [-0.2, 0) is 6.61 Å². The zero-order chi connectivity index (χ0) is 30.8.